The topological polar surface area (TPSA) is 69.6 Å². The lowest BCUT2D eigenvalue weighted by Gasteiger charge is -2.27. The van der Waals surface area contributed by atoms with Crippen molar-refractivity contribution in [3.8, 4) is 0 Å². The van der Waals surface area contributed by atoms with Crippen molar-refractivity contribution < 1.29 is 14.8 Å². The van der Waals surface area contributed by atoms with Crippen molar-refractivity contribution in [1.82, 2.24) is 10.4 Å². The van der Waals surface area contributed by atoms with Crippen LogP contribution in [0.25, 0.3) is 0 Å². The number of benzene rings is 1. The Morgan fingerprint density at radius 2 is 2.05 bits per heavy atom. The molecule has 0 spiro atoms. The van der Waals surface area contributed by atoms with Crippen LogP contribution < -0.4 is 5.48 Å². The minimum atomic E-state index is -0.664. The number of amides is 2. The molecule has 1 aromatic rings. The van der Waals surface area contributed by atoms with Crippen molar-refractivity contribution >= 4 is 11.8 Å². The van der Waals surface area contributed by atoms with Crippen LogP contribution in [0.3, 0.4) is 0 Å². The Morgan fingerprint density at radius 1 is 1.42 bits per heavy atom. The molecule has 5 heteroatoms. The van der Waals surface area contributed by atoms with E-state index in [0.29, 0.717) is 13.0 Å². The molecule has 1 saturated heterocycles. The molecule has 0 aliphatic carbocycles. The standard InChI is InChI=1S/C14H18N2O3/c1-10(12(17)15-19)16-9-8-14(2,13(16)18)11-6-4-3-5-7-11/h3-7,10,19H,8-9H2,1-2H3,(H,15,17). The Kier molecular flexibility index (Phi) is 3.57. The summed E-state index contributed by atoms with van der Waals surface area (Å²) in [5.41, 5.74) is 1.96. The molecule has 19 heavy (non-hydrogen) atoms. The summed E-state index contributed by atoms with van der Waals surface area (Å²) in [5.74, 6) is -0.638. The van der Waals surface area contributed by atoms with E-state index in [2.05, 4.69) is 0 Å². The quantitative estimate of drug-likeness (QED) is 0.632. The van der Waals surface area contributed by atoms with Gasteiger partial charge < -0.3 is 4.90 Å². The van der Waals surface area contributed by atoms with Gasteiger partial charge in [0.15, 0.2) is 0 Å². The molecule has 2 N–H and O–H groups in total. The van der Waals surface area contributed by atoms with E-state index >= 15 is 0 Å². The highest BCUT2D eigenvalue weighted by Gasteiger charge is 2.46. The van der Waals surface area contributed by atoms with Gasteiger partial charge in [-0.2, -0.15) is 0 Å². The molecule has 1 aromatic carbocycles. The lowest BCUT2D eigenvalue weighted by atomic mass is 9.81. The van der Waals surface area contributed by atoms with Crippen molar-refractivity contribution in [1.29, 1.82) is 0 Å². The van der Waals surface area contributed by atoms with Gasteiger partial charge in [0.25, 0.3) is 5.91 Å². The first-order chi connectivity index (χ1) is 9.00. The lowest BCUT2D eigenvalue weighted by Crippen LogP contribution is -2.47. The van der Waals surface area contributed by atoms with Crippen LogP contribution in [-0.4, -0.2) is 34.5 Å². The molecule has 1 aliphatic rings. The summed E-state index contributed by atoms with van der Waals surface area (Å²) in [6.45, 7) is 4.02. The minimum Gasteiger partial charge on any atom is -0.330 e. The summed E-state index contributed by atoms with van der Waals surface area (Å²) >= 11 is 0. The maximum absolute atomic E-state index is 12.6. The van der Waals surface area contributed by atoms with Gasteiger partial charge in [0.2, 0.25) is 5.91 Å². The predicted octanol–water partition coefficient (Wildman–Crippen LogP) is 1.07. The third kappa shape index (κ3) is 2.21. The number of likely N-dealkylation sites (tertiary alicyclic amines) is 1. The van der Waals surface area contributed by atoms with E-state index in [1.807, 2.05) is 37.3 Å². The van der Waals surface area contributed by atoms with E-state index in [0.717, 1.165) is 5.56 Å². The van der Waals surface area contributed by atoms with Gasteiger partial charge in [-0.15, -0.1) is 0 Å². The summed E-state index contributed by atoms with van der Waals surface area (Å²) in [7, 11) is 0. The van der Waals surface area contributed by atoms with Gasteiger partial charge in [0.1, 0.15) is 6.04 Å². The average molecular weight is 262 g/mol. The number of carbonyl (C=O) groups excluding carboxylic acids is 2. The van der Waals surface area contributed by atoms with Crippen LogP contribution in [0.15, 0.2) is 30.3 Å². The summed E-state index contributed by atoms with van der Waals surface area (Å²) in [5, 5.41) is 8.66. The van der Waals surface area contributed by atoms with Gasteiger partial charge in [-0.3, -0.25) is 14.8 Å². The second kappa shape index (κ2) is 5.01. The fourth-order valence-corrected chi connectivity index (χ4v) is 2.55. The Morgan fingerprint density at radius 3 is 2.63 bits per heavy atom. The average Bonchev–Trinajstić information content (AvgIpc) is 2.76. The van der Waals surface area contributed by atoms with Crippen LogP contribution in [-0.2, 0) is 15.0 Å². The normalized spacial score (nSPS) is 24.4. The van der Waals surface area contributed by atoms with E-state index < -0.39 is 17.4 Å². The number of nitrogens with zero attached hydrogens (tertiary/aromatic N) is 1. The molecule has 0 saturated carbocycles. The highest BCUT2D eigenvalue weighted by molar-refractivity contribution is 5.94. The summed E-state index contributed by atoms with van der Waals surface area (Å²) < 4.78 is 0. The summed E-state index contributed by atoms with van der Waals surface area (Å²) in [4.78, 5) is 25.5. The molecule has 2 unspecified atom stereocenters. The number of rotatable bonds is 3. The van der Waals surface area contributed by atoms with Crippen molar-refractivity contribution in [2.45, 2.75) is 31.7 Å². The van der Waals surface area contributed by atoms with Gasteiger partial charge in [-0.05, 0) is 25.8 Å². The number of hydrogen-bond donors (Lipinski definition) is 2. The molecule has 2 atom stereocenters. The van der Waals surface area contributed by atoms with Crippen LogP contribution in [0.1, 0.15) is 25.8 Å². The minimum absolute atomic E-state index is 0.0743. The molecule has 1 aliphatic heterocycles. The van der Waals surface area contributed by atoms with E-state index in [-0.39, 0.29) is 5.91 Å². The smallest absolute Gasteiger partial charge is 0.265 e. The molecule has 5 nitrogen and oxygen atoms in total. The Balaban J connectivity index is 2.25. The predicted molar refractivity (Wildman–Crippen MR) is 69.5 cm³/mol. The molecule has 2 rings (SSSR count). The molecular weight excluding hydrogens is 244 g/mol. The first-order valence-corrected chi connectivity index (χ1v) is 6.31. The maximum atomic E-state index is 12.6. The highest BCUT2D eigenvalue weighted by Crippen LogP contribution is 2.36. The molecular formula is C14H18N2O3. The second-order valence-electron chi connectivity index (χ2n) is 5.10. The molecule has 1 heterocycles. The third-order valence-corrected chi connectivity index (χ3v) is 3.95. The van der Waals surface area contributed by atoms with Crippen LogP contribution in [0, 0.1) is 0 Å². The van der Waals surface area contributed by atoms with Gasteiger partial charge in [-0.25, -0.2) is 5.48 Å². The van der Waals surface area contributed by atoms with Crippen molar-refractivity contribution in [3.05, 3.63) is 35.9 Å². The van der Waals surface area contributed by atoms with Gasteiger partial charge in [0.05, 0.1) is 5.41 Å². The van der Waals surface area contributed by atoms with E-state index in [1.165, 1.54) is 4.90 Å². The Hall–Kier alpha value is -1.88. The largest absolute Gasteiger partial charge is 0.330 e. The highest BCUT2D eigenvalue weighted by atomic mass is 16.5. The zero-order valence-corrected chi connectivity index (χ0v) is 11.1. The van der Waals surface area contributed by atoms with Crippen LogP contribution in [0.2, 0.25) is 0 Å². The first-order valence-electron chi connectivity index (χ1n) is 6.31. The van der Waals surface area contributed by atoms with Gasteiger partial charge in [0, 0.05) is 6.54 Å². The van der Waals surface area contributed by atoms with E-state index in [1.54, 1.807) is 12.4 Å². The SMILES string of the molecule is CC(C(=O)NO)N1CCC(C)(c2ccccc2)C1=O. The van der Waals surface area contributed by atoms with Crippen LogP contribution in [0.4, 0.5) is 0 Å². The number of hydroxylamine groups is 1. The van der Waals surface area contributed by atoms with Gasteiger partial charge in [-0.1, -0.05) is 30.3 Å². The fraction of sp³-hybridized carbons (Fsp3) is 0.429. The number of nitrogens with one attached hydrogen (secondary N) is 1. The second-order valence-corrected chi connectivity index (χ2v) is 5.10. The monoisotopic (exact) mass is 262 g/mol. The Bertz CT molecular complexity index is 489. The Labute approximate surface area is 112 Å². The number of hydrogen-bond acceptors (Lipinski definition) is 3. The summed E-state index contributed by atoms with van der Waals surface area (Å²) in [6.07, 6.45) is 0.666. The van der Waals surface area contributed by atoms with Crippen LogP contribution in [0.5, 0.6) is 0 Å². The van der Waals surface area contributed by atoms with E-state index in [9.17, 15) is 9.59 Å². The van der Waals surface area contributed by atoms with Crippen molar-refractivity contribution in [3.63, 3.8) is 0 Å². The third-order valence-electron chi connectivity index (χ3n) is 3.95. The van der Waals surface area contributed by atoms with Crippen molar-refractivity contribution in [2.75, 3.05) is 6.54 Å². The summed E-state index contributed by atoms with van der Waals surface area (Å²) in [6, 6.07) is 8.91. The molecule has 2 amide bonds. The maximum Gasteiger partial charge on any atom is 0.265 e. The fourth-order valence-electron chi connectivity index (χ4n) is 2.55. The van der Waals surface area contributed by atoms with Gasteiger partial charge >= 0.3 is 0 Å². The molecule has 0 radical (unpaired) electrons. The first kappa shape index (κ1) is 13.5. The molecule has 1 fully saturated rings. The van der Waals surface area contributed by atoms with E-state index in [4.69, 9.17) is 5.21 Å². The van der Waals surface area contributed by atoms with Crippen molar-refractivity contribution in [2.24, 2.45) is 0 Å². The number of carbonyl (C=O) groups is 2. The lowest BCUT2D eigenvalue weighted by molar-refractivity contribution is -0.143. The molecule has 0 aromatic heterocycles. The molecule has 102 valence electrons. The zero-order valence-electron chi connectivity index (χ0n) is 11.1. The molecule has 0 bridgehead atoms. The van der Waals surface area contributed by atoms with Crippen LogP contribution >= 0.6 is 0 Å². The zero-order chi connectivity index (χ0) is 14.0.